The molecular weight excluding hydrogens is 353 g/mol. The molecule has 0 saturated carbocycles. The Kier molecular flexibility index (Phi) is 5.21. The minimum absolute atomic E-state index is 0.0377. The van der Waals surface area contributed by atoms with E-state index in [9.17, 15) is 19.8 Å². The van der Waals surface area contributed by atoms with Crippen molar-refractivity contribution in [2.24, 2.45) is 0 Å². The highest BCUT2D eigenvalue weighted by Gasteiger charge is 2.33. The van der Waals surface area contributed by atoms with Crippen LogP contribution in [0.5, 0.6) is 11.5 Å². The van der Waals surface area contributed by atoms with E-state index in [-0.39, 0.29) is 46.7 Å². The van der Waals surface area contributed by atoms with E-state index in [2.05, 4.69) is 0 Å². The predicted octanol–water partition coefficient (Wildman–Crippen LogP) is 2.97. The molecule has 0 heterocycles. The molecule has 118 valence electrons. The van der Waals surface area contributed by atoms with Gasteiger partial charge >= 0.3 is 0 Å². The van der Waals surface area contributed by atoms with Gasteiger partial charge in [0.1, 0.15) is 16.5 Å². The summed E-state index contributed by atoms with van der Waals surface area (Å²) in [5.74, 6) is -1.75. The van der Waals surface area contributed by atoms with Gasteiger partial charge in [-0.25, -0.2) is 0 Å². The maximum atomic E-state index is 12.0. The number of ketones is 2. The number of halogens is 3. The summed E-state index contributed by atoms with van der Waals surface area (Å²) in [7, 11) is 0. The van der Waals surface area contributed by atoms with Crippen molar-refractivity contribution in [3.05, 3.63) is 28.3 Å². The molecule has 5 nitrogen and oxygen atoms in total. The second-order valence-electron chi connectivity index (χ2n) is 4.54. The Labute approximate surface area is 141 Å². The van der Waals surface area contributed by atoms with Crippen LogP contribution < -0.4 is 4.90 Å². The highest BCUT2D eigenvalue weighted by molar-refractivity contribution is 6.38. The van der Waals surface area contributed by atoms with Crippen molar-refractivity contribution < 1.29 is 19.8 Å². The smallest absolute Gasteiger partial charge is 0.190 e. The lowest BCUT2D eigenvalue weighted by Crippen LogP contribution is -2.29. The number of hydrogen-bond donors (Lipinski definition) is 2. The summed E-state index contributed by atoms with van der Waals surface area (Å²) in [6, 6.07) is 0. The molecule has 0 spiro atoms. The van der Waals surface area contributed by atoms with Crippen LogP contribution in [0.2, 0.25) is 5.02 Å². The van der Waals surface area contributed by atoms with E-state index in [0.717, 1.165) is 12.2 Å². The molecule has 0 unspecified atom stereocenters. The molecule has 0 aliphatic heterocycles. The number of fused-ring (bicyclic) bond motifs is 1. The second kappa shape index (κ2) is 6.77. The van der Waals surface area contributed by atoms with Crippen molar-refractivity contribution in [1.29, 1.82) is 0 Å². The third-order valence-corrected chi connectivity index (χ3v) is 3.96. The van der Waals surface area contributed by atoms with Crippen molar-refractivity contribution in [3.63, 3.8) is 0 Å². The zero-order chi connectivity index (χ0) is 16.4. The first-order valence-electron chi connectivity index (χ1n) is 6.35. The van der Waals surface area contributed by atoms with Crippen molar-refractivity contribution in [2.75, 3.05) is 29.7 Å². The largest absolute Gasteiger partial charge is 0.505 e. The molecule has 0 fully saturated rings. The van der Waals surface area contributed by atoms with Gasteiger partial charge < -0.3 is 15.1 Å². The monoisotopic (exact) mass is 363 g/mol. The molecule has 0 radical (unpaired) electrons. The lowest BCUT2D eigenvalue weighted by atomic mass is 9.92. The average molecular weight is 365 g/mol. The van der Waals surface area contributed by atoms with Crippen LogP contribution in [0.25, 0.3) is 0 Å². The van der Waals surface area contributed by atoms with E-state index >= 15 is 0 Å². The maximum Gasteiger partial charge on any atom is 0.190 e. The first-order chi connectivity index (χ1) is 10.4. The second-order valence-corrected chi connectivity index (χ2v) is 5.67. The van der Waals surface area contributed by atoms with Crippen LogP contribution in [0.1, 0.15) is 20.7 Å². The Morgan fingerprint density at radius 1 is 0.909 bits per heavy atom. The molecular formula is C14H12Cl3NO4. The van der Waals surface area contributed by atoms with E-state index in [1.54, 1.807) is 4.90 Å². The molecule has 1 aromatic rings. The molecule has 1 aliphatic carbocycles. The number of benzene rings is 1. The summed E-state index contributed by atoms with van der Waals surface area (Å²) in [4.78, 5) is 25.4. The number of anilines is 1. The van der Waals surface area contributed by atoms with Crippen LogP contribution in [0.3, 0.4) is 0 Å². The van der Waals surface area contributed by atoms with E-state index in [0.29, 0.717) is 0 Å². The van der Waals surface area contributed by atoms with Gasteiger partial charge in [-0.1, -0.05) is 11.6 Å². The Bertz CT molecular complexity index is 667. The lowest BCUT2D eigenvalue weighted by molar-refractivity contribution is 0.0989. The fraction of sp³-hybridized carbons (Fsp3) is 0.286. The molecule has 1 aliphatic rings. The first-order valence-corrected chi connectivity index (χ1v) is 7.79. The predicted molar refractivity (Wildman–Crippen MR) is 86.2 cm³/mol. The van der Waals surface area contributed by atoms with Gasteiger partial charge in [-0.3, -0.25) is 9.59 Å². The number of allylic oxidation sites excluding steroid dienone is 2. The molecule has 0 atom stereocenters. The quantitative estimate of drug-likeness (QED) is 0.620. The van der Waals surface area contributed by atoms with Crippen LogP contribution in [-0.4, -0.2) is 46.6 Å². The number of alkyl halides is 2. The molecule has 0 aromatic heterocycles. The summed E-state index contributed by atoms with van der Waals surface area (Å²) in [5.41, 5.74) is -0.523. The number of hydrogen-bond acceptors (Lipinski definition) is 5. The molecule has 8 heteroatoms. The van der Waals surface area contributed by atoms with Crippen LogP contribution >= 0.6 is 34.8 Å². The van der Waals surface area contributed by atoms with Gasteiger partial charge in [0.15, 0.2) is 17.3 Å². The maximum absolute atomic E-state index is 12.0. The van der Waals surface area contributed by atoms with Gasteiger partial charge in [0.2, 0.25) is 0 Å². The van der Waals surface area contributed by atoms with E-state index in [1.807, 2.05) is 0 Å². The number of rotatable bonds is 5. The molecule has 2 rings (SSSR count). The fourth-order valence-corrected chi connectivity index (χ4v) is 3.02. The zero-order valence-corrected chi connectivity index (χ0v) is 13.5. The highest BCUT2D eigenvalue weighted by Crippen LogP contribution is 2.47. The van der Waals surface area contributed by atoms with Crippen molar-refractivity contribution in [1.82, 2.24) is 0 Å². The molecule has 0 bridgehead atoms. The number of phenols is 2. The zero-order valence-electron chi connectivity index (χ0n) is 11.3. The fourth-order valence-electron chi connectivity index (χ4n) is 2.31. The summed E-state index contributed by atoms with van der Waals surface area (Å²) >= 11 is 17.5. The van der Waals surface area contributed by atoms with Gasteiger partial charge in [0, 0.05) is 24.8 Å². The molecule has 22 heavy (non-hydrogen) atoms. The number of aromatic hydroxyl groups is 2. The normalized spacial score (nSPS) is 13.4. The number of nitrogens with zero attached hydrogens (tertiary/aromatic N) is 1. The lowest BCUT2D eigenvalue weighted by Gasteiger charge is -2.27. The van der Waals surface area contributed by atoms with E-state index in [1.165, 1.54) is 0 Å². The summed E-state index contributed by atoms with van der Waals surface area (Å²) < 4.78 is 0. The van der Waals surface area contributed by atoms with E-state index in [4.69, 9.17) is 34.8 Å². The highest BCUT2D eigenvalue weighted by atomic mass is 35.5. The van der Waals surface area contributed by atoms with Crippen molar-refractivity contribution in [2.45, 2.75) is 0 Å². The third-order valence-electron chi connectivity index (χ3n) is 3.27. The number of carbonyl (C=O) groups excluding carboxylic acids is 2. The SMILES string of the molecule is O=C1C=CC(=O)c2c(O)c(N(CCCl)CCCl)c(Cl)c(O)c21. The van der Waals surface area contributed by atoms with Crippen LogP contribution in [0.15, 0.2) is 12.2 Å². The van der Waals surface area contributed by atoms with Gasteiger partial charge in [0.25, 0.3) is 0 Å². The minimum atomic E-state index is -0.600. The molecule has 1 aromatic carbocycles. The van der Waals surface area contributed by atoms with E-state index < -0.39 is 23.1 Å². The average Bonchev–Trinajstić information content (AvgIpc) is 2.47. The molecule has 0 saturated heterocycles. The minimum Gasteiger partial charge on any atom is -0.505 e. The number of carbonyl (C=O) groups is 2. The number of phenolic OH excluding ortho intramolecular Hbond substituents is 2. The van der Waals surface area contributed by atoms with Crippen LogP contribution in [0.4, 0.5) is 5.69 Å². The third kappa shape index (κ3) is 2.76. The standard InChI is InChI=1S/C14H12Cl3NO4/c15-3-5-18(6-4-16)12-11(17)13(21)9-7(19)1-2-8(20)10(9)14(12)22/h1-2,21-22H,3-6H2. The Hall–Kier alpha value is -1.43. The van der Waals surface area contributed by atoms with Crippen LogP contribution in [0, 0.1) is 0 Å². The van der Waals surface area contributed by atoms with Gasteiger partial charge in [-0.15, -0.1) is 23.2 Å². The molecule has 0 amide bonds. The van der Waals surface area contributed by atoms with Gasteiger partial charge in [-0.05, 0) is 12.2 Å². The van der Waals surface area contributed by atoms with Crippen molar-refractivity contribution >= 4 is 52.1 Å². The first kappa shape index (κ1) is 16.9. The van der Waals surface area contributed by atoms with Crippen molar-refractivity contribution in [3.8, 4) is 11.5 Å². The topological polar surface area (TPSA) is 77.8 Å². The molecule has 2 N–H and O–H groups in total. The summed E-state index contributed by atoms with van der Waals surface area (Å²) in [6.45, 7) is 0.579. The summed E-state index contributed by atoms with van der Waals surface area (Å²) in [5, 5.41) is 20.4. The Morgan fingerprint density at radius 2 is 1.36 bits per heavy atom. The van der Waals surface area contributed by atoms with Gasteiger partial charge in [-0.2, -0.15) is 0 Å². The van der Waals surface area contributed by atoms with Gasteiger partial charge in [0.05, 0.1) is 11.1 Å². The van der Waals surface area contributed by atoms with Crippen LogP contribution in [-0.2, 0) is 0 Å². The Morgan fingerprint density at radius 3 is 1.82 bits per heavy atom. The summed E-state index contributed by atoms with van der Waals surface area (Å²) in [6.07, 6.45) is 2.06. The Balaban J connectivity index is 2.73.